The molecule has 0 bridgehead atoms. The minimum atomic E-state index is 0.736. The van der Waals surface area contributed by atoms with Gasteiger partial charge in [0.2, 0.25) is 0 Å². The molecule has 5 heavy (non-hydrogen) atoms. The van der Waals surface area contributed by atoms with Gasteiger partial charge in [-0.15, -0.1) is 0 Å². The van der Waals surface area contributed by atoms with E-state index in [2.05, 4.69) is 5.16 Å². The molecular weight excluding hydrogens is 68.0 g/mol. The molecule has 1 N–H and O–H groups in total. The molecule has 26 valence electrons. The summed E-state index contributed by atoms with van der Waals surface area (Å²) in [5.41, 5.74) is 0. The molecule has 0 aliphatic carbocycles. The second kappa shape index (κ2) is 2.96. The molecule has 0 aromatic heterocycles. The molecule has 0 rings (SSSR count). The average molecular weight is 70.1 g/mol. The van der Waals surface area contributed by atoms with E-state index < -0.39 is 0 Å². The highest BCUT2D eigenvalue weighted by Crippen LogP contribution is 1.40. The van der Waals surface area contributed by atoms with Gasteiger partial charge in [-0.2, -0.15) is 5.26 Å². The highest BCUT2D eigenvalue weighted by Gasteiger charge is 1.48. The van der Waals surface area contributed by atoms with Crippen LogP contribution in [-0.2, 0) is 0 Å². The van der Waals surface area contributed by atoms with Crippen LogP contribution in [0.2, 0.25) is 0 Å². The first-order valence-electron chi connectivity index (χ1n) is 0.970. The van der Waals surface area contributed by atoms with Gasteiger partial charge >= 0.3 is 0 Å². The van der Waals surface area contributed by atoms with Crippen LogP contribution < -0.4 is 0 Å². The molecule has 3 heteroatoms. The van der Waals surface area contributed by atoms with Gasteiger partial charge in [0.25, 0.3) is 0 Å². The summed E-state index contributed by atoms with van der Waals surface area (Å²) in [4.78, 5) is 0. The molecule has 0 saturated heterocycles. The highest BCUT2D eigenvalue weighted by molar-refractivity contribution is 5.74. The van der Waals surface area contributed by atoms with Crippen LogP contribution >= 0.6 is 0 Å². The Morgan fingerprint density at radius 3 is 2.60 bits per heavy atom. The van der Waals surface area contributed by atoms with Crippen LogP contribution in [0.3, 0.4) is 0 Å². The molecule has 0 radical (unpaired) electrons. The Labute approximate surface area is 29.1 Å². The van der Waals surface area contributed by atoms with Gasteiger partial charge in [0, 0.05) is 0 Å². The van der Waals surface area contributed by atoms with Crippen molar-refractivity contribution in [3.05, 3.63) is 0 Å². The van der Waals surface area contributed by atoms with Crippen LogP contribution in [0.25, 0.3) is 0 Å². The van der Waals surface area contributed by atoms with Crippen molar-refractivity contribution >= 4 is 6.21 Å². The van der Waals surface area contributed by atoms with Crippen molar-refractivity contribution in [1.82, 2.24) is 0 Å². The maximum atomic E-state index is 7.51. The number of oxime groups is 1. The van der Waals surface area contributed by atoms with Gasteiger partial charge in [0.05, 0.1) is 0 Å². The van der Waals surface area contributed by atoms with Gasteiger partial charge in [0.1, 0.15) is 12.3 Å². The van der Waals surface area contributed by atoms with Gasteiger partial charge in [0.15, 0.2) is 0 Å². The van der Waals surface area contributed by atoms with E-state index in [0.717, 1.165) is 6.21 Å². The van der Waals surface area contributed by atoms with Crippen molar-refractivity contribution in [2.45, 2.75) is 0 Å². The van der Waals surface area contributed by atoms with Gasteiger partial charge in [-0.1, -0.05) is 5.16 Å². The van der Waals surface area contributed by atoms with Crippen molar-refractivity contribution < 1.29 is 5.21 Å². The van der Waals surface area contributed by atoms with E-state index in [1.165, 1.54) is 6.07 Å². The maximum Gasteiger partial charge on any atom is 0.143 e. The van der Waals surface area contributed by atoms with Gasteiger partial charge in [-0.3, -0.25) is 0 Å². The lowest BCUT2D eigenvalue weighted by Crippen LogP contribution is -1.55. The molecule has 0 aliphatic rings. The lowest BCUT2D eigenvalue weighted by molar-refractivity contribution is 0.322. The van der Waals surface area contributed by atoms with Crippen molar-refractivity contribution in [3.63, 3.8) is 0 Å². The van der Waals surface area contributed by atoms with Crippen LogP contribution in [-0.4, -0.2) is 11.4 Å². The summed E-state index contributed by atoms with van der Waals surface area (Å²) in [5, 5.41) is 17.3. The summed E-state index contributed by atoms with van der Waals surface area (Å²) in [7, 11) is 0. The van der Waals surface area contributed by atoms with E-state index in [-0.39, 0.29) is 0 Å². The first-order valence-corrected chi connectivity index (χ1v) is 0.970. The van der Waals surface area contributed by atoms with Crippen LogP contribution in [0.5, 0.6) is 0 Å². The largest absolute Gasteiger partial charge is 0.410 e. The monoisotopic (exact) mass is 70.0 g/mol. The summed E-state index contributed by atoms with van der Waals surface area (Å²) in [5.74, 6) is 0. The second-order valence-corrected chi connectivity index (χ2v) is 0.374. The number of nitrogens with zero attached hydrogens (tertiary/aromatic N) is 2. The van der Waals surface area contributed by atoms with Gasteiger partial charge < -0.3 is 5.21 Å². The Hall–Kier alpha value is -1.04. The van der Waals surface area contributed by atoms with Crippen LogP contribution in [0, 0.1) is 11.3 Å². The van der Waals surface area contributed by atoms with E-state index in [0.29, 0.717) is 0 Å². The Morgan fingerprint density at radius 2 is 2.60 bits per heavy atom. The van der Waals surface area contributed by atoms with Crippen LogP contribution in [0.15, 0.2) is 5.16 Å². The Morgan fingerprint density at radius 1 is 2.00 bits per heavy atom. The molecular formula is C2H2N2O. The van der Waals surface area contributed by atoms with Crippen molar-refractivity contribution in [1.29, 1.82) is 5.26 Å². The van der Waals surface area contributed by atoms with E-state index >= 15 is 0 Å². The minimum Gasteiger partial charge on any atom is -0.410 e. The zero-order valence-corrected chi connectivity index (χ0v) is 2.42. The first-order chi connectivity index (χ1) is 2.41. The number of hydrogen-bond acceptors (Lipinski definition) is 3. The fourth-order valence-corrected chi connectivity index (χ4v) is 0.0258. The van der Waals surface area contributed by atoms with E-state index in [1.54, 1.807) is 0 Å². The fraction of sp³-hybridized carbons (Fsp3) is 0. The summed E-state index contributed by atoms with van der Waals surface area (Å²) in [6.07, 6.45) is 0.736. The normalized spacial score (nSPS) is 7.80. The van der Waals surface area contributed by atoms with E-state index in [4.69, 9.17) is 10.5 Å². The standard InChI is InChI=1S/C2H2N2O/c3-1-2-4-5/h2,5H/b4-2+. The molecule has 0 atom stereocenters. The summed E-state index contributed by atoms with van der Waals surface area (Å²) >= 11 is 0. The molecule has 0 amide bonds. The maximum absolute atomic E-state index is 7.51. The summed E-state index contributed by atoms with van der Waals surface area (Å²) < 4.78 is 0. The molecule has 0 saturated carbocycles. The molecule has 0 spiro atoms. The fourth-order valence-electron chi connectivity index (χ4n) is 0.0258. The molecule has 0 unspecified atom stereocenters. The van der Waals surface area contributed by atoms with Crippen molar-refractivity contribution in [2.75, 3.05) is 0 Å². The molecule has 0 aromatic carbocycles. The molecule has 3 nitrogen and oxygen atoms in total. The summed E-state index contributed by atoms with van der Waals surface area (Å²) in [6.45, 7) is 0. The molecule has 0 fully saturated rings. The Balaban J connectivity index is 3.04. The highest BCUT2D eigenvalue weighted by atomic mass is 16.4. The van der Waals surface area contributed by atoms with Crippen LogP contribution in [0.1, 0.15) is 0 Å². The van der Waals surface area contributed by atoms with Crippen molar-refractivity contribution in [2.24, 2.45) is 5.16 Å². The third-order valence-electron chi connectivity index (χ3n) is 0.115. The molecule has 0 aromatic rings. The predicted molar refractivity (Wildman–Crippen MR) is 15.9 cm³/mol. The lowest BCUT2D eigenvalue weighted by Gasteiger charge is -1.52. The zero-order valence-electron chi connectivity index (χ0n) is 2.42. The molecule has 0 aliphatic heterocycles. The van der Waals surface area contributed by atoms with Gasteiger partial charge in [-0.25, -0.2) is 0 Å². The smallest absolute Gasteiger partial charge is 0.143 e. The minimum absolute atomic E-state index is 0.736. The second-order valence-electron chi connectivity index (χ2n) is 0.374. The van der Waals surface area contributed by atoms with Gasteiger partial charge in [-0.05, 0) is 0 Å². The third-order valence-corrected chi connectivity index (χ3v) is 0.115. The molecule has 0 heterocycles. The van der Waals surface area contributed by atoms with E-state index in [9.17, 15) is 0 Å². The Bertz CT molecular complexity index is 70.2. The quantitative estimate of drug-likeness (QED) is 0.247. The topological polar surface area (TPSA) is 56.4 Å². The predicted octanol–water partition coefficient (Wildman–Crippen LogP) is -0.0300. The lowest BCUT2D eigenvalue weighted by atomic mass is 10.9. The third kappa shape index (κ3) is 2.96. The first kappa shape index (κ1) is 3.96. The summed E-state index contributed by atoms with van der Waals surface area (Å²) in [6, 6.07) is 1.48. The van der Waals surface area contributed by atoms with Crippen LogP contribution in [0.4, 0.5) is 0 Å². The Kier molecular flexibility index (Phi) is 2.34. The number of nitriles is 1. The van der Waals surface area contributed by atoms with Crippen molar-refractivity contribution in [3.8, 4) is 6.07 Å². The SMILES string of the molecule is N#C/C=N/O. The number of hydrogen-bond donors (Lipinski definition) is 1. The zero-order chi connectivity index (χ0) is 4.12. The number of rotatable bonds is 0. The van der Waals surface area contributed by atoms with E-state index in [1.807, 2.05) is 0 Å². The average Bonchev–Trinajstić information content (AvgIpc) is 1.41.